The first-order chi connectivity index (χ1) is 9.19. The third kappa shape index (κ3) is 3.58. The number of aromatic nitrogens is 2. The van der Waals surface area contributed by atoms with E-state index < -0.39 is 0 Å². The van der Waals surface area contributed by atoms with Gasteiger partial charge in [-0.15, -0.1) is 0 Å². The van der Waals surface area contributed by atoms with Crippen LogP contribution in [0.15, 0.2) is 36.8 Å². The number of imidazole rings is 1. The number of rotatable bonds is 5. The summed E-state index contributed by atoms with van der Waals surface area (Å²) in [6, 6.07) is 7.76. The standard InChI is InChI=1S/C14H17N3O2/c1-11(18)15-8-7-12-9-17(10-16-12)13-3-5-14(19-2)6-4-13/h3-6,9-10H,7-8H2,1-2H3,(H,15,18). The average Bonchev–Trinajstić information content (AvgIpc) is 2.87. The van der Waals surface area contributed by atoms with E-state index in [2.05, 4.69) is 10.3 Å². The normalized spacial score (nSPS) is 10.2. The summed E-state index contributed by atoms with van der Waals surface area (Å²) in [5, 5.41) is 2.75. The number of ether oxygens (including phenoxy) is 1. The lowest BCUT2D eigenvalue weighted by Crippen LogP contribution is -2.22. The first-order valence-electron chi connectivity index (χ1n) is 6.11. The summed E-state index contributed by atoms with van der Waals surface area (Å²) in [6.07, 6.45) is 4.46. The summed E-state index contributed by atoms with van der Waals surface area (Å²) in [5.41, 5.74) is 1.98. The third-order valence-electron chi connectivity index (χ3n) is 2.76. The van der Waals surface area contributed by atoms with E-state index in [-0.39, 0.29) is 5.91 Å². The van der Waals surface area contributed by atoms with Gasteiger partial charge in [-0.3, -0.25) is 4.79 Å². The van der Waals surface area contributed by atoms with Gasteiger partial charge in [0.2, 0.25) is 5.91 Å². The van der Waals surface area contributed by atoms with Gasteiger partial charge in [0.15, 0.2) is 0 Å². The van der Waals surface area contributed by atoms with Crippen molar-refractivity contribution in [3.63, 3.8) is 0 Å². The maximum absolute atomic E-state index is 10.8. The van der Waals surface area contributed by atoms with Crippen molar-refractivity contribution in [3.8, 4) is 11.4 Å². The minimum Gasteiger partial charge on any atom is -0.497 e. The number of hydrogen-bond donors (Lipinski definition) is 1. The van der Waals surface area contributed by atoms with Gasteiger partial charge in [0.25, 0.3) is 0 Å². The molecule has 0 fully saturated rings. The van der Waals surface area contributed by atoms with Gasteiger partial charge < -0.3 is 14.6 Å². The van der Waals surface area contributed by atoms with Crippen LogP contribution < -0.4 is 10.1 Å². The Hall–Kier alpha value is -2.30. The van der Waals surface area contributed by atoms with Gasteiger partial charge in [0.05, 0.1) is 19.1 Å². The third-order valence-corrected chi connectivity index (χ3v) is 2.76. The minimum atomic E-state index is -0.0189. The maximum atomic E-state index is 10.8. The lowest BCUT2D eigenvalue weighted by atomic mass is 10.3. The SMILES string of the molecule is COc1ccc(-n2cnc(CCNC(C)=O)c2)cc1. The Morgan fingerprint density at radius 2 is 2.11 bits per heavy atom. The van der Waals surface area contributed by atoms with Crippen LogP contribution in [0.4, 0.5) is 0 Å². The van der Waals surface area contributed by atoms with Crippen LogP contribution in [0.1, 0.15) is 12.6 Å². The van der Waals surface area contributed by atoms with Gasteiger partial charge in [-0.1, -0.05) is 0 Å². The van der Waals surface area contributed by atoms with Gasteiger partial charge in [-0.2, -0.15) is 0 Å². The molecule has 0 saturated heterocycles. The Morgan fingerprint density at radius 3 is 2.74 bits per heavy atom. The molecule has 1 aromatic heterocycles. The Balaban J connectivity index is 2.01. The molecular weight excluding hydrogens is 242 g/mol. The molecule has 0 saturated carbocycles. The quantitative estimate of drug-likeness (QED) is 0.886. The lowest BCUT2D eigenvalue weighted by molar-refractivity contribution is -0.118. The Morgan fingerprint density at radius 1 is 1.37 bits per heavy atom. The number of carbonyl (C=O) groups is 1. The first-order valence-corrected chi connectivity index (χ1v) is 6.11. The molecule has 5 heteroatoms. The summed E-state index contributed by atoms with van der Waals surface area (Å²) >= 11 is 0. The van der Waals surface area contributed by atoms with Gasteiger partial charge >= 0.3 is 0 Å². The molecule has 19 heavy (non-hydrogen) atoms. The molecule has 0 aliphatic rings. The van der Waals surface area contributed by atoms with E-state index in [4.69, 9.17) is 4.74 Å². The number of amides is 1. The molecule has 1 amide bonds. The number of nitrogens with zero attached hydrogens (tertiary/aromatic N) is 2. The molecule has 0 aliphatic carbocycles. The fourth-order valence-corrected chi connectivity index (χ4v) is 1.75. The predicted octanol–water partition coefficient (Wildman–Crippen LogP) is 1.56. The Labute approximate surface area is 112 Å². The molecule has 2 aromatic rings. The molecule has 100 valence electrons. The van der Waals surface area contributed by atoms with Gasteiger partial charge in [-0.25, -0.2) is 4.98 Å². The van der Waals surface area contributed by atoms with Crippen LogP contribution in [-0.4, -0.2) is 29.1 Å². The van der Waals surface area contributed by atoms with Crippen molar-refractivity contribution in [1.29, 1.82) is 0 Å². The zero-order chi connectivity index (χ0) is 13.7. The van der Waals surface area contributed by atoms with Crippen LogP contribution in [0.3, 0.4) is 0 Å². The fraction of sp³-hybridized carbons (Fsp3) is 0.286. The molecule has 0 bridgehead atoms. The maximum Gasteiger partial charge on any atom is 0.216 e. The van der Waals surface area contributed by atoms with E-state index in [1.54, 1.807) is 13.4 Å². The molecular formula is C14H17N3O2. The second kappa shape index (κ2) is 6.04. The van der Waals surface area contributed by atoms with Crippen LogP contribution in [-0.2, 0) is 11.2 Å². The fourth-order valence-electron chi connectivity index (χ4n) is 1.75. The van der Waals surface area contributed by atoms with Crippen LogP contribution in [0, 0.1) is 0 Å². The summed E-state index contributed by atoms with van der Waals surface area (Å²) in [5.74, 6) is 0.810. The molecule has 1 N–H and O–H groups in total. The zero-order valence-electron chi connectivity index (χ0n) is 11.1. The summed E-state index contributed by atoms with van der Waals surface area (Å²) < 4.78 is 7.07. The topological polar surface area (TPSA) is 56.1 Å². The highest BCUT2D eigenvalue weighted by atomic mass is 16.5. The largest absolute Gasteiger partial charge is 0.497 e. The number of methoxy groups -OCH3 is 1. The van der Waals surface area contributed by atoms with Crippen LogP contribution in [0.25, 0.3) is 5.69 Å². The molecule has 0 aliphatic heterocycles. The van der Waals surface area contributed by atoms with E-state index in [0.717, 1.165) is 23.6 Å². The minimum absolute atomic E-state index is 0.0189. The van der Waals surface area contributed by atoms with Gasteiger partial charge in [0, 0.05) is 31.8 Å². The van der Waals surface area contributed by atoms with E-state index in [1.807, 2.05) is 35.0 Å². The Bertz CT molecular complexity index is 546. The van der Waals surface area contributed by atoms with Crippen molar-refractivity contribution < 1.29 is 9.53 Å². The molecule has 2 rings (SSSR count). The molecule has 0 unspecified atom stereocenters. The molecule has 0 radical (unpaired) electrons. The average molecular weight is 259 g/mol. The highest BCUT2D eigenvalue weighted by Crippen LogP contribution is 2.15. The highest BCUT2D eigenvalue weighted by molar-refractivity contribution is 5.72. The van der Waals surface area contributed by atoms with E-state index in [1.165, 1.54) is 6.92 Å². The Kier molecular flexibility index (Phi) is 4.18. The molecule has 1 aromatic carbocycles. The number of hydrogen-bond acceptors (Lipinski definition) is 3. The summed E-state index contributed by atoms with van der Waals surface area (Å²) in [7, 11) is 1.65. The highest BCUT2D eigenvalue weighted by Gasteiger charge is 2.02. The van der Waals surface area contributed by atoms with Crippen molar-refractivity contribution in [2.45, 2.75) is 13.3 Å². The summed E-state index contributed by atoms with van der Waals surface area (Å²) in [6.45, 7) is 2.12. The van der Waals surface area contributed by atoms with E-state index >= 15 is 0 Å². The van der Waals surface area contributed by atoms with E-state index in [0.29, 0.717) is 6.54 Å². The zero-order valence-corrected chi connectivity index (χ0v) is 11.1. The van der Waals surface area contributed by atoms with Crippen molar-refractivity contribution in [1.82, 2.24) is 14.9 Å². The van der Waals surface area contributed by atoms with Crippen molar-refractivity contribution in [3.05, 3.63) is 42.5 Å². The lowest BCUT2D eigenvalue weighted by Gasteiger charge is -2.03. The summed E-state index contributed by atoms with van der Waals surface area (Å²) in [4.78, 5) is 15.1. The first kappa shape index (κ1) is 13.1. The second-order valence-electron chi connectivity index (χ2n) is 4.20. The molecule has 0 atom stereocenters. The van der Waals surface area contributed by atoms with Crippen LogP contribution in [0.2, 0.25) is 0 Å². The van der Waals surface area contributed by atoms with Crippen molar-refractivity contribution in [2.75, 3.05) is 13.7 Å². The predicted molar refractivity (Wildman–Crippen MR) is 72.5 cm³/mol. The second-order valence-corrected chi connectivity index (χ2v) is 4.20. The number of nitrogens with one attached hydrogen (secondary N) is 1. The van der Waals surface area contributed by atoms with Crippen LogP contribution >= 0.6 is 0 Å². The number of benzene rings is 1. The monoisotopic (exact) mass is 259 g/mol. The van der Waals surface area contributed by atoms with Gasteiger partial charge in [-0.05, 0) is 24.3 Å². The van der Waals surface area contributed by atoms with Gasteiger partial charge in [0.1, 0.15) is 5.75 Å². The molecule has 0 spiro atoms. The van der Waals surface area contributed by atoms with E-state index in [9.17, 15) is 4.79 Å². The van der Waals surface area contributed by atoms with Crippen molar-refractivity contribution in [2.24, 2.45) is 0 Å². The number of carbonyl (C=O) groups excluding carboxylic acids is 1. The van der Waals surface area contributed by atoms with Crippen molar-refractivity contribution >= 4 is 5.91 Å². The molecule has 5 nitrogen and oxygen atoms in total. The molecule has 1 heterocycles. The smallest absolute Gasteiger partial charge is 0.216 e. The van der Waals surface area contributed by atoms with Crippen LogP contribution in [0.5, 0.6) is 5.75 Å².